The summed E-state index contributed by atoms with van der Waals surface area (Å²) in [7, 11) is 0. The maximum Gasteiger partial charge on any atom is 0.264 e. The average molecular weight is 829 g/mol. The summed E-state index contributed by atoms with van der Waals surface area (Å²) in [6, 6.07) is 13.1. The van der Waals surface area contributed by atoms with Gasteiger partial charge in [-0.2, -0.15) is 5.10 Å². The first-order valence-electron chi connectivity index (χ1n) is 22.4. The van der Waals surface area contributed by atoms with Gasteiger partial charge in [-0.25, -0.2) is 9.97 Å². The van der Waals surface area contributed by atoms with Crippen molar-refractivity contribution in [1.29, 1.82) is 0 Å². The lowest BCUT2D eigenvalue weighted by molar-refractivity contribution is -0.136. The zero-order valence-corrected chi connectivity index (χ0v) is 35.3. The molecule has 15 heteroatoms. The zero-order valence-electron chi connectivity index (χ0n) is 35.3. The zero-order chi connectivity index (χ0) is 41.8. The number of rotatable bonds is 11. The van der Waals surface area contributed by atoms with Crippen LogP contribution in [0.5, 0.6) is 5.75 Å². The first-order chi connectivity index (χ1) is 29.6. The van der Waals surface area contributed by atoms with Crippen LogP contribution in [0.1, 0.15) is 92.4 Å². The Labute approximate surface area is 356 Å². The molecule has 7 heterocycles. The van der Waals surface area contributed by atoms with Gasteiger partial charge < -0.3 is 19.4 Å². The molecule has 5 fully saturated rings. The van der Waals surface area contributed by atoms with Crippen LogP contribution >= 0.6 is 0 Å². The summed E-state index contributed by atoms with van der Waals surface area (Å²) in [5.74, 6) is 1.29. The number of carbonyl (C=O) groups is 4. The van der Waals surface area contributed by atoms with E-state index < -0.39 is 23.8 Å². The number of imide groups is 2. The van der Waals surface area contributed by atoms with Crippen molar-refractivity contribution in [3.05, 3.63) is 59.9 Å². The lowest BCUT2D eigenvalue weighted by atomic mass is 9.90. The van der Waals surface area contributed by atoms with E-state index >= 15 is 0 Å². The summed E-state index contributed by atoms with van der Waals surface area (Å²) in [5, 5.41) is 11.1. The van der Waals surface area contributed by atoms with E-state index in [4.69, 9.17) is 9.72 Å². The second kappa shape index (κ2) is 16.1. The van der Waals surface area contributed by atoms with E-state index in [1.165, 1.54) is 19.3 Å². The van der Waals surface area contributed by atoms with Crippen molar-refractivity contribution in [3.63, 3.8) is 0 Å². The van der Waals surface area contributed by atoms with Crippen LogP contribution in [0.25, 0.3) is 22.3 Å². The second-order valence-electron chi connectivity index (χ2n) is 18.5. The van der Waals surface area contributed by atoms with Crippen LogP contribution in [-0.2, 0) is 9.59 Å². The molecule has 320 valence electrons. The van der Waals surface area contributed by atoms with E-state index in [2.05, 4.69) is 66.1 Å². The van der Waals surface area contributed by atoms with Crippen molar-refractivity contribution in [2.75, 3.05) is 68.7 Å². The number of aromatic amines is 1. The Morgan fingerprint density at radius 2 is 1.66 bits per heavy atom. The number of aromatic nitrogens is 4. The number of hydrogen-bond donors (Lipinski definition) is 2. The molecule has 2 aromatic heterocycles. The predicted molar refractivity (Wildman–Crippen MR) is 230 cm³/mol. The van der Waals surface area contributed by atoms with Crippen molar-refractivity contribution in [2.45, 2.75) is 89.3 Å². The number of hydrogen-bond acceptors (Lipinski definition) is 12. The van der Waals surface area contributed by atoms with Crippen molar-refractivity contribution in [2.24, 2.45) is 11.8 Å². The Balaban J connectivity index is 0.671. The molecule has 4 amide bonds. The molecule has 1 aliphatic carbocycles. The molecule has 4 aromatic rings. The SMILES string of the molecule is C[C@H]1CN(c2cc(-c3n[nH]c4ccc(OC5(C)CC5)cc34)ncn2)CCN1CCC1CCN(CC2CCN(c3cccc4c3C(=O)N(C3CCC(=O)NC3=O)C4=O)CC2)CC1. The van der Waals surface area contributed by atoms with Gasteiger partial charge in [0, 0.05) is 63.2 Å². The van der Waals surface area contributed by atoms with E-state index in [9.17, 15) is 19.2 Å². The number of fused-ring (bicyclic) bond motifs is 2. The van der Waals surface area contributed by atoms with Gasteiger partial charge in [0.25, 0.3) is 11.8 Å². The normalized spacial score (nSPS) is 24.1. The van der Waals surface area contributed by atoms with Crippen molar-refractivity contribution in [1.82, 2.24) is 40.2 Å². The summed E-state index contributed by atoms with van der Waals surface area (Å²) in [4.78, 5) is 71.6. The highest BCUT2D eigenvalue weighted by atomic mass is 16.5. The summed E-state index contributed by atoms with van der Waals surface area (Å²) in [6.45, 7) is 13.5. The number of nitrogens with one attached hydrogen (secondary N) is 2. The van der Waals surface area contributed by atoms with Gasteiger partial charge in [-0.15, -0.1) is 0 Å². The average Bonchev–Trinajstić information content (AvgIpc) is 3.74. The van der Waals surface area contributed by atoms with Crippen molar-refractivity contribution < 1.29 is 23.9 Å². The lowest BCUT2D eigenvalue weighted by Crippen LogP contribution is -2.54. The second-order valence-corrected chi connectivity index (χ2v) is 18.5. The first kappa shape index (κ1) is 39.7. The van der Waals surface area contributed by atoms with Gasteiger partial charge in [0.2, 0.25) is 11.8 Å². The quantitative estimate of drug-likeness (QED) is 0.198. The fourth-order valence-electron chi connectivity index (χ4n) is 10.3. The highest BCUT2D eigenvalue weighted by Crippen LogP contribution is 2.41. The number of likely N-dealkylation sites (tertiary alicyclic amines) is 1. The molecular formula is C46H56N10O5. The Kier molecular flexibility index (Phi) is 10.5. The number of benzene rings is 2. The monoisotopic (exact) mass is 828 g/mol. The van der Waals surface area contributed by atoms with Crippen molar-refractivity contribution >= 4 is 46.0 Å². The molecule has 15 nitrogen and oxygen atoms in total. The minimum atomic E-state index is -0.959. The molecule has 2 aromatic carbocycles. The van der Waals surface area contributed by atoms with Gasteiger partial charge in [-0.3, -0.25) is 39.4 Å². The van der Waals surface area contributed by atoms with Crippen LogP contribution in [-0.4, -0.2) is 135 Å². The van der Waals surface area contributed by atoms with E-state index in [-0.39, 0.29) is 24.3 Å². The number of carbonyl (C=O) groups excluding carboxylic acids is 4. The van der Waals surface area contributed by atoms with E-state index in [1.807, 2.05) is 24.3 Å². The minimum absolute atomic E-state index is 0.0458. The highest BCUT2D eigenvalue weighted by Gasteiger charge is 2.46. The number of anilines is 2. The summed E-state index contributed by atoms with van der Waals surface area (Å²) < 4.78 is 6.24. The smallest absolute Gasteiger partial charge is 0.264 e. The third-order valence-electron chi connectivity index (χ3n) is 14.3. The van der Waals surface area contributed by atoms with Gasteiger partial charge >= 0.3 is 0 Å². The molecule has 5 aliphatic heterocycles. The van der Waals surface area contributed by atoms with E-state index in [0.29, 0.717) is 23.1 Å². The maximum absolute atomic E-state index is 13.7. The van der Waals surface area contributed by atoms with Gasteiger partial charge in [0.15, 0.2) is 0 Å². The van der Waals surface area contributed by atoms with E-state index in [1.54, 1.807) is 12.4 Å². The molecule has 61 heavy (non-hydrogen) atoms. The number of piperazine rings is 1. The number of nitrogens with zero attached hydrogens (tertiary/aromatic N) is 8. The lowest BCUT2D eigenvalue weighted by Gasteiger charge is -2.42. The Morgan fingerprint density at radius 1 is 0.852 bits per heavy atom. The molecule has 0 bridgehead atoms. The Morgan fingerprint density at radius 3 is 2.43 bits per heavy atom. The number of H-pyrrole nitrogens is 1. The number of ether oxygens (including phenoxy) is 1. The molecule has 1 unspecified atom stereocenters. The topological polar surface area (TPSA) is 160 Å². The molecule has 10 rings (SSSR count). The van der Waals surface area contributed by atoms with Crippen LogP contribution in [0.2, 0.25) is 0 Å². The molecule has 6 aliphatic rings. The highest BCUT2D eigenvalue weighted by molar-refractivity contribution is 6.25. The van der Waals surface area contributed by atoms with Crippen LogP contribution < -0.4 is 19.9 Å². The maximum atomic E-state index is 13.7. The molecular weight excluding hydrogens is 773 g/mol. The predicted octanol–water partition coefficient (Wildman–Crippen LogP) is 4.88. The Hall–Kier alpha value is -5.41. The third-order valence-corrected chi connectivity index (χ3v) is 14.3. The van der Waals surface area contributed by atoms with Crippen LogP contribution in [0.4, 0.5) is 11.5 Å². The Bertz CT molecular complexity index is 2350. The third kappa shape index (κ3) is 7.98. The van der Waals surface area contributed by atoms with Gasteiger partial charge in [-0.05, 0) is 127 Å². The van der Waals surface area contributed by atoms with Gasteiger partial charge in [-0.1, -0.05) is 6.07 Å². The van der Waals surface area contributed by atoms with Crippen LogP contribution in [0.15, 0.2) is 48.8 Å². The summed E-state index contributed by atoms with van der Waals surface area (Å²) in [5.41, 5.74) is 4.04. The number of piperidine rings is 3. The van der Waals surface area contributed by atoms with Crippen molar-refractivity contribution in [3.8, 4) is 17.1 Å². The molecule has 0 spiro atoms. The first-order valence-corrected chi connectivity index (χ1v) is 22.4. The van der Waals surface area contributed by atoms with Gasteiger partial charge in [0.05, 0.1) is 28.0 Å². The molecule has 2 N–H and O–H groups in total. The molecule has 4 saturated heterocycles. The summed E-state index contributed by atoms with van der Waals surface area (Å²) in [6.07, 6.45) is 9.86. The standard InChI is InChI=1S/C46H56N10O5/c1-29-26-55(39-25-36(47-28-48-39)42-34-24-32(61-46(2)15-16-46)6-7-35(34)50-51-42)23-22-53(29)19-12-30-10-17-52(18-11-30)27-31-13-20-54(21-14-31)37-5-3-4-33-41(37)45(60)56(44(33)59)38-8-9-40(57)49-43(38)58/h3-7,24-25,28-31,38H,8-23,26-27H2,1-2H3,(H,50,51)(H,49,57,58)/t29-,38?/m0/s1. The van der Waals surface area contributed by atoms with Crippen LogP contribution in [0, 0.1) is 11.8 Å². The number of amides is 4. The molecule has 0 radical (unpaired) electrons. The van der Waals surface area contributed by atoms with Gasteiger partial charge in [0.1, 0.15) is 35.2 Å². The molecule has 2 atom stereocenters. The fraction of sp³-hybridized carbons (Fsp3) is 0.543. The minimum Gasteiger partial charge on any atom is -0.488 e. The fourth-order valence-corrected chi connectivity index (χ4v) is 10.3. The van der Waals surface area contributed by atoms with E-state index in [0.717, 1.165) is 135 Å². The molecule has 1 saturated carbocycles. The van der Waals surface area contributed by atoms with Crippen LogP contribution in [0.3, 0.4) is 0 Å². The summed E-state index contributed by atoms with van der Waals surface area (Å²) >= 11 is 0. The largest absolute Gasteiger partial charge is 0.488 e.